The molecule has 0 saturated heterocycles. The highest BCUT2D eigenvalue weighted by molar-refractivity contribution is 6.43. The van der Waals surface area contributed by atoms with E-state index in [1.54, 1.807) is 25.6 Å². The van der Waals surface area contributed by atoms with Crippen LogP contribution in [0.5, 0.6) is 5.75 Å². The minimum atomic E-state index is -0.413. The van der Waals surface area contributed by atoms with Crippen molar-refractivity contribution in [2.45, 2.75) is 25.7 Å². The zero-order valence-corrected chi connectivity index (χ0v) is 24.5. The van der Waals surface area contributed by atoms with Gasteiger partial charge in [0.15, 0.2) is 5.82 Å². The zero-order valence-electron chi connectivity index (χ0n) is 23.0. The van der Waals surface area contributed by atoms with Crippen molar-refractivity contribution in [2.24, 2.45) is 5.10 Å². The van der Waals surface area contributed by atoms with Gasteiger partial charge in [0, 0.05) is 42.3 Å². The first-order valence-electron chi connectivity index (χ1n) is 13.2. The Morgan fingerprint density at radius 2 is 1.67 bits per heavy atom. The molecule has 0 spiro atoms. The van der Waals surface area contributed by atoms with Crippen molar-refractivity contribution in [3.05, 3.63) is 105 Å². The number of pyridine rings is 2. The quantitative estimate of drug-likeness (QED) is 0.234. The highest BCUT2D eigenvalue weighted by Gasteiger charge is 2.23. The second kappa shape index (κ2) is 13.0. The molecule has 0 unspecified atom stereocenters. The molecule has 2 aromatic carbocycles. The summed E-state index contributed by atoms with van der Waals surface area (Å²) in [6, 6.07) is 18.9. The van der Waals surface area contributed by atoms with Gasteiger partial charge in [-0.05, 0) is 77.6 Å². The molecule has 11 heteroatoms. The number of ether oxygens (including phenoxy) is 1. The van der Waals surface area contributed by atoms with Gasteiger partial charge in [-0.15, -0.1) is 0 Å². The first-order chi connectivity index (χ1) is 20.2. The Morgan fingerprint density at radius 3 is 2.38 bits per heavy atom. The van der Waals surface area contributed by atoms with Gasteiger partial charge in [0.25, 0.3) is 5.91 Å². The standard InChI is InChI=1S/C31H28Cl2N6O3/c1-39-29(40)9-7-26(38-39)31(41)36-27-15-22(11-21-12-23(32)16-24(33)13-21)18-35-30(27)37-28-8-6-20(17-34-28)10-19-4-3-5-25(14-19)42-2/h3-6,8,12-18H,7,9-11H2,1-2H3,(H,36,41)(H,34,35,37). The van der Waals surface area contributed by atoms with Crippen molar-refractivity contribution in [3.63, 3.8) is 0 Å². The van der Waals surface area contributed by atoms with Crippen LogP contribution < -0.4 is 15.4 Å². The summed E-state index contributed by atoms with van der Waals surface area (Å²) in [5, 5.41) is 12.5. The van der Waals surface area contributed by atoms with Crippen LogP contribution in [0.4, 0.5) is 17.3 Å². The molecule has 214 valence electrons. The normalized spacial score (nSPS) is 13.0. The molecule has 0 radical (unpaired) electrons. The van der Waals surface area contributed by atoms with E-state index in [0.29, 0.717) is 40.2 Å². The molecule has 4 aromatic rings. The van der Waals surface area contributed by atoms with Crippen LogP contribution in [0.3, 0.4) is 0 Å². The summed E-state index contributed by atoms with van der Waals surface area (Å²) >= 11 is 12.4. The van der Waals surface area contributed by atoms with Gasteiger partial charge in [-0.1, -0.05) is 41.4 Å². The topological polar surface area (TPSA) is 109 Å². The van der Waals surface area contributed by atoms with Crippen molar-refractivity contribution < 1.29 is 14.3 Å². The third-order valence-electron chi connectivity index (χ3n) is 6.61. The highest BCUT2D eigenvalue weighted by Crippen LogP contribution is 2.27. The van der Waals surface area contributed by atoms with Crippen LogP contribution in [0.2, 0.25) is 10.0 Å². The fourth-order valence-electron chi connectivity index (χ4n) is 4.52. The summed E-state index contributed by atoms with van der Waals surface area (Å²) in [7, 11) is 3.18. The SMILES string of the molecule is COc1cccc(Cc2ccc(Nc3ncc(Cc4cc(Cl)cc(Cl)c4)cc3NC(=O)C3=NN(C)C(=O)CC3)nc2)c1. The predicted octanol–water partition coefficient (Wildman–Crippen LogP) is 6.26. The van der Waals surface area contributed by atoms with Crippen molar-refractivity contribution in [1.29, 1.82) is 0 Å². The Morgan fingerprint density at radius 1 is 0.905 bits per heavy atom. The Bertz CT molecular complexity index is 1640. The third-order valence-corrected chi connectivity index (χ3v) is 7.04. The number of nitrogens with zero attached hydrogens (tertiary/aromatic N) is 4. The van der Waals surface area contributed by atoms with Gasteiger partial charge in [0.2, 0.25) is 5.91 Å². The Balaban J connectivity index is 1.38. The molecule has 0 aliphatic carbocycles. The molecule has 0 saturated carbocycles. The van der Waals surface area contributed by atoms with Crippen molar-refractivity contribution >= 4 is 58.1 Å². The lowest BCUT2D eigenvalue weighted by Gasteiger charge is -2.19. The number of amides is 2. The van der Waals surface area contributed by atoms with E-state index < -0.39 is 5.91 Å². The largest absolute Gasteiger partial charge is 0.497 e. The molecule has 9 nitrogen and oxygen atoms in total. The number of anilines is 3. The Kier molecular flexibility index (Phi) is 9.00. The summed E-state index contributed by atoms with van der Waals surface area (Å²) < 4.78 is 5.32. The summed E-state index contributed by atoms with van der Waals surface area (Å²) in [6.45, 7) is 0. The molecule has 0 fully saturated rings. The molecular formula is C31H28Cl2N6O3. The molecule has 1 aliphatic heterocycles. The second-order valence-electron chi connectivity index (χ2n) is 9.82. The number of rotatable bonds is 9. The predicted molar refractivity (Wildman–Crippen MR) is 165 cm³/mol. The number of hydrogen-bond donors (Lipinski definition) is 2. The van der Waals surface area contributed by atoms with Crippen LogP contribution in [0.15, 0.2) is 78.2 Å². The third kappa shape index (κ3) is 7.43. The van der Waals surface area contributed by atoms with Gasteiger partial charge in [-0.25, -0.2) is 15.0 Å². The maximum absolute atomic E-state index is 13.2. The van der Waals surface area contributed by atoms with Crippen LogP contribution in [-0.4, -0.2) is 46.7 Å². The van der Waals surface area contributed by atoms with Gasteiger partial charge < -0.3 is 15.4 Å². The lowest BCUT2D eigenvalue weighted by Crippen LogP contribution is -2.34. The molecule has 42 heavy (non-hydrogen) atoms. The second-order valence-corrected chi connectivity index (χ2v) is 10.7. The van der Waals surface area contributed by atoms with Gasteiger partial charge in [-0.3, -0.25) is 9.59 Å². The van der Waals surface area contributed by atoms with E-state index in [4.69, 9.17) is 27.9 Å². The van der Waals surface area contributed by atoms with Crippen molar-refractivity contribution in [1.82, 2.24) is 15.0 Å². The monoisotopic (exact) mass is 602 g/mol. The van der Waals surface area contributed by atoms with Crippen LogP contribution in [0, 0.1) is 0 Å². The van der Waals surface area contributed by atoms with E-state index in [9.17, 15) is 9.59 Å². The smallest absolute Gasteiger partial charge is 0.271 e. The van der Waals surface area contributed by atoms with Gasteiger partial charge in [0.05, 0.1) is 12.8 Å². The highest BCUT2D eigenvalue weighted by atomic mass is 35.5. The molecule has 3 heterocycles. The molecule has 5 rings (SSSR count). The fourth-order valence-corrected chi connectivity index (χ4v) is 5.09. The van der Waals surface area contributed by atoms with E-state index in [1.165, 1.54) is 12.1 Å². The zero-order chi connectivity index (χ0) is 29.6. The van der Waals surface area contributed by atoms with Crippen LogP contribution >= 0.6 is 23.2 Å². The van der Waals surface area contributed by atoms with Crippen molar-refractivity contribution in [2.75, 3.05) is 24.8 Å². The van der Waals surface area contributed by atoms with E-state index >= 15 is 0 Å². The number of aromatic nitrogens is 2. The fraction of sp³-hybridized carbons (Fsp3) is 0.194. The number of carbonyl (C=O) groups is 2. The minimum Gasteiger partial charge on any atom is -0.497 e. The molecular weight excluding hydrogens is 575 g/mol. The Labute approximate surface area is 253 Å². The lowest BCUT2D eigenvalue weighted by molar-refractivity contribution is -0.130. The first kappa shape index (κ1) is 29.0. The van der Waals surface area contributed by atoms with Gasteiger partial charge in [-0.2, -0.15) is 5.10 Å². The van der Waals surface area contributed by atoms with E-state index in [-0.39, 0.29) is 24.5 Å². The van der Waals surface area contributed by atoms with Gasteiger partial charge in [0.1, 0.15) is 17.3 Å². The average Bonchev–Trinajstić information content (AvgIpc) is 2.96. The molecule has 2 amide bonds. The number of benzene rings is 2. The molecule has 1 aliphatic rings. The molecule has 0 atom stereocenters. The molecule has 2 N–H and O–H groups in total. The van der Waals surface area contributed by atoms with Crippen molar-refractivity contribution in [3.8, 4) is 5.75 Å². The number of halogens is 2. The summed E-state index contributed by atoms with van der Waals surface area (Å²) in [5.74, 6) is 1.22. The lowest BCUT2D eigenvalue weighted by atomic mass is 10.1. The van der Waals surface area contributed by atoms with E-state index in [0.717, 1.165) is 28.0 Å². The average molecular weight is 604 g/mol. The van der Waals surface area contributed by atoms with Crippen LogP contribution in [0.25, 0.3) is 0 Å². The summed E-state index contributed by atoms with van der Waals surface area (Å²) in [6.07, 6.45) is 5.17. The Hall–Kier alpha value is -4.47. The molecule has 2 aromatic heterocycles. The maximum Gasteiger partial charge on any atom is 0.271 e. The van der Waals surface area contributed by atoms with E-state index in [2.05, 4.69) is 25.7 Å². The number of carbonyl (C=O) groups excluding carboxylic acids is 2. The van der Waals surface area contributed by atoms with E-state index in [1.807, 2.05) is 54.6 Å². The number of hydrogen-bond acceptors (Lipinski definition) is 7. The molecule has 0 bridgehead atoms. The number of nitrogens with one attached hydrogen (secondary N) is 2. The number of hydrazone groups is 1. The first-order valence-corrected chi connectivity index (χ1v) is 14.0. The van der Waals surface area contributed by atoms with Crippen LogP contribution in [-0.2, 0) is 22.4 Å². The van der Waals surface area contributed by atoms with Crippen LogP contribution in [0.1, 0.15) is 35.1 Å². The maximum atomic E-state index is 13.2. The minimum absolute atomic E-state index is 0.140. The number of methoxy groups -OCH3 is 1. The summed E-state index contributed by atoms with van der Waals surface area (Å²) in [5.41, 5.74) is 4.56. The van der Waals surface area contributed by atoms with Gasteiger partial charge >= 0.3 is 0 Å². The summed E-state index contributed by atoms with van der Waals surface area (Å²) in [4.78, 5) is 34.1.